The van der Waals surface area contributed by atoms with E-state index in [9.17, 15) is 13.2 Å². The van der Waals surface area contributed by atoms with Crippen molar-refractivity contribution < 1.29 is 17.9 Å². The second kappa shape index (κ2) is 10.9. The molecule has 0 saturated carbocycles. The first-order valence-corrected chi connectivity index (χ1v) is 13.4. The number of fused-ring (bicyclic) bond motifs is 1. The lowest BCUT2D eigenvalue weighted by molar-refractivity contribution is -0.114. The van der Waals surface area contributed by atoms with Crippen LogP contribution in [-0.4, -0.2) is 69.9 Å². The standard InChI is InChI=1S/C21H23N3O4S3.ClH/c1-31(26,27)18-6-2-5-17-20(18)22-21(30-17)24(10-9-23-11-13-28-14-12-23)19(25)8-7-16-4-3-15-29-16;/h2-8,15H,9-14H2,1H3;1H. The van der Waals surface area contributed by atoms with Crippen LogP contribution >= 0.6 is 35.1 Å². The van der Waals surface area contributed by atoms with Crippen LogP contribution in [0.1, 0.15) is 4.88 Å². The molecule has 0 aliphatic carbocycles. The van der Waals surface area contributed by atoms with E-state index < -0.39 is 9.84 Å². The highest BCUT2D eigenvalue weighted by Crippen LogP contribution is 2.33. The lowest BCUT2D eigenvalue weighted by Crippen LogP contribution is -2.42. The van der Waals surface area contributed by atoms with Crippen molar-refractivity contribution in [3.05, 3.63) is 46.7 Å². The number of rotatable bonds is 7. The highest BCUT2D eigenvalue weighted by Gasteiger charge is 2.22. The minimum atomic E-state index is -3.43. The van der Waals surface area contributed by atoms with Gasteiger partial charge >= 0.3 is 0 Å². The number of para-hydroxylation sites is 1. The zero-order chi connectivity index (χ0) is 21.8. The van der Waals surface area contributed by atoms with Crippen molar-refractivity contribution in [3.8, 4) is 0 Å². The quantitative estimate of drug-likeness (QED) is 0.449. The third-order valence-corrected chi connectivity index (χ3v) is 7.95. The molecule has 1 aliphatic rings. The fourth-order valence-electron chi connectivity index (χ4n) is 3.32. The van der Waals surface area contributed by atoms with E-state index in [0.29, 0.717) is 37.0 Å². The second-order valence-corrected chi connectivity index (χ2v) is 11.1. The predicted molar refractivity (Wildman–Crippen MR) is 133 cm³/mol. The Morgan fingerprint density at radius 2 is 2.03 bits per heavy atom. The van der Waals surface area contributed by atoms with Crippen LogP contribution in [0.25, 0.3) is 16.3 Å². The number of carbonyl (C=O) groups excluding carboxylic acids is 1. The Bertz CT molecular complexity index is 1190. The molecular weight excluding hydrogens is 490 g/mol. The molecule has 3 heterocycles. The number of nitrogens with zero attached hydrogens (tertiary/aromatic N) is 3. The zero-order valence-electron chi connectivity index (χ0n) is 17.5. The average molecular weight is 514 g/mol. The Hall–Kier alpha value is -1.82. The van der Waals surface area contributed by atoms with E-state index in [4.69, 9.17) is 4.74 Å². The zero-order valence-corrected chi connectivity index (χ0v) is 20.7. The van der Waals surface area contributed by atoms with Crippen LogP contribution in [-0.2, 0) is 19.4 Å². The van der Waals surface area contributed by atoms with Gasteiger partial charge in [0.2, 0.25) is 0 Å². The number of anilines is 1. The molecule has 1 fully saturated rings. The summed E-state index contributed by atoms with van der Waals surface area (Å²) in [6.07, 6.45) is 4.52. The van der Waals surface area contributed by atoms with Gasteiger partial charge in [-0.2, -0.15) is 0 Å². The minimum Gasteiger partial charge on any atom is -0.379 e. The van der Waals surface area contributed by atoms with E-state index in [1.807, 2.05) is 23.6 Å². The molecule has 0 atom stereocenters. The first-order valence-electron chi connectivity index (χ1n) is 9.84. The molecule has 0 radical (unpaired) electrons. The summed E-state index contributed by atoms with van der Waals surface area (Å²) in [5, 5.41) is 2.46. The summed E-state index contributed by atoms with van der Waals surface area (Å²) in [6.45, 7) is 4.17. The number of hydrogen-bond acceptors (Lipinski definition) is 8. The van der Waals surface area contributed by atoms with Gasteiger partial charge < -0.3 is 4.74 Å². The van der Waals surface area contributed by atoms with Crippen molar-refractivity contribution in [1.82, 2.24) is 9.88 Å². The van der Waals surface area contributed by atoms with Gasteiger partial charge in [-0.3, -0.25) is 14.6 Å². The summed E-state index contributed by atoms with van der Waals surface area (Å²) >= 11 is 2.89. The van der Waals surface area contributed by atoms with Crippen molar-refractivity contribution in [1.29, 1.82) is 0 Å². The van der Waals surface area contributed by atoms with Crippen LogP contribution in [0, 0.1) is 0 Å². The van der Waals surface area contributed by atoms with Gasteiger partial charge in [0.25, 0.3) is 5.91 Å². The molecule has 3 aromatic rings. The lowest BCUT2D eigenvalue weighted by atomic mass is 10.3. The number of benzene rings is 1. The Morgan fingerprint density at radius 1 is 1.25 bits per heavy atom. The molecule has 0 unspecified atom stereocenters. The van der Waals surface area contributed by atoms with Gasteiger partial charge in [0.05, 0.1) is 22.8 Å². The minimum absolute atomic E-state index is 0. The van der Waals surface area contributed by atoms with Gasteiger partial charge in [-0.25, -0.2) is 13.4 Å². The van der Waals surface area contributed by atoms with Gasteiger partial charge in [0.15, 0.2) is 15.0 Å². The highest BCUT2D eigenvalue weighted by atomic mass is 35.5. The fraction of sp³-hybridized carbons (Fsp3) is 0.333. The normalized spacial score (nSPS) is 15.2. The fourth-order valence-corrected chi connectivity index (χ4v) is 5.86. The molecular formula is C21H24ClN3O4S3. The summed E-state index contributed by atoms with van der Waals surface area (Å²) in [6, 6.07) is 8.97. The second-order valence-electron chi connectivity index (χ2n) is 7.16. The molecule has 172 valence electrons. The molecule has 0 bridgehead atoms. The maximum absolute atomic E-state index is 13.1. The maximum Gasteiger partial charge on any atom is 0.252 e. The van der Waals surface area contributed by atoms with E-state index >= 15 is 0 Å². The van der Waals surface area contributed by atoms with Crippen molar-refractivity contribution >= 4 is 72.2 Å². The average Bonchev–Trinajstić information content (AvgIpc) is 3.42. The molecule has 2 aromatic heterocycles. The Labute approximate surface area is 201 Å². The number of thiazole rings is 1. The molecule has 1 aliphatic heterocycles. The van der Waals surface area contributed by atoms with E-state index in [0.717, 1.165) is 22.7 Å². The van der Waals surface area contributed by atoms with Gasteiger partial charge in [-0.1, -0.05) is 23.5 Å². The van der Waals surface area contributed by atoms with Crippen molar-refractivity contribution in [2.24, 2.45) is 0 Å². The number of thiophene rings is 1. The first-order chi connectivity index (χ1) is 14.9. The molecule has 1 saturated heterocycles. The van der Waals surface area contributed by atoms with Crippen LogP contribution in [0.3, 0.4) is 0 Å². The molecule has 0 N–H and O–H groups in total. The number of hydrogen-bond donors (Lipinski definition) is 0. The molecule has 7 nitrogen and oxygen atoms in total. The molecule has 32 heavy (non-hydrogen) atoms. The lowest BCUT2D eigenvalue weighted by Gasteiger charge is -2.28. The van der Waals surface area contributed by atoms with E-state index in [1.165, 1.54) is 17.6 Å². The number of ether oxygens (including phenoxy) is 1. The molecule has 1 aromatic carbocycles. The number of morpholine rings is 1. The van der Waals surface area contributed by atoms with Gasteiger partial charge in [0, 0.05) is 43.4 Å². The monoisotopic (exact) mass is 513 g/mol. The number of halogens is 1. The van der Waals surface area contributed by atoms with Crippen LogP contribution in [0.2, 0.25) is 0 Å². The third-order valence-electron chi connectivity index (χ3n) is 4.94. The summed E-state index contributed by atoms with van der Waals surface area (Å²) in [5.74, 6) is -0.179. The number of amides is 1. The van der Waals surface area contributed by atoms with Gasteiger partial charge in [-0.15, -0.1) is 23.7 Å². The van der Waals surface area contributed by atoms with E-state index in [1.54, 1.807) is 40.5 Å². The number of carbonyl (C=O) groups is 1. The number of sulfone groups is 1. The summed E-state index contributed by atoms with van der Waals surface area (Å²) in [4.78, 5) is 22.8. The van der Waals surface area contributed by atoms with E-state index in [-0.39, 0.29) is 23.2 Å². The van der Waals surface area contributed by atoms with Crippen molar-refractivity contribution in [2.45, 2.75) is 4.90 Å². The SMILES string of the molecule is CS(=O)(=O)c1cccc2sc(N(CCN3CCOCC3)C(=O)C=Cc3cccs3)nc12.Cl. The highest BCUT2D eigenvalue weighted by molar-refractivity contribution is 7.91. The van der Waals surface area contributed by atoms with Crippen LogP contribution < -0.4 is 4.90 Å². The maximum atomic E-state index is 13.1. The third kappa shape index (κ3) is 5.94. The van der Waals surface area contributed by atoms with Crippen LogP contribution in [0.5, 0.6) is 0 Å². The number of aromatic nitrogens is 1. The van der Waals surface area contributed by atoms with Crippen molar-refractivity contribution in [3.63, 3.8) is 0 Å². The predicted octanol–water partition coefficient (Wildman–Crippen LogP) is 3.56. The van der Waals surface area contributed by atoms with Crippen LogP contribution in [0.15, 0.2) is 46.7 Å². The van der Waals surface area contributed by atoms with Crippen LogP contribution in [0.4, 0.5) is 5.13 Å². The van der Waals surface area contributed by atoms with Gasteiger partial charge in [-0.05, 0) is 29.7 Å². The molecule has 0 spiro atoms. The molecule has 1 amide bonds. The molecule has 4 rings (SSSR count). The summed E-state index contributed by atoms with van der Waals surface area (Å²) in [5.41, 5.74) is 0.413. The summed E-state index contributed by atoms with van der Waals surface area (Å²) < 4.78 is 30.5. The largest absolute Gasteiger partial charge is 0.379 e. The smallest absolute Gasteiger partial charge is 0.252 e. The van der Waals surface area contributed by atoms with Gasteiger partial charge in [0.1, 0.15) is 5.52 Å². The molecule has 11 heteroatoms. The Balaban J connectivity index is 0.00000289. The first kappa shape index (κ1) is 24.8. The topological polar surface area (TPSA) is 79.8 Å². The van der Waals surface area contributed by atoms with Crippen molar-refractivity contribution in [2.75, 3.05) is 50.5 Å². The summed E-state index contributed by atoms with van der Waals surface area (Å²) in [7, 11) is -3.43. The Morgan fingerprint density at radius 3 is 2.72 bits per heavy atom. The van der Waals surface area contributed by atoms with E-state index in [2.05, 4.69) is 9.88 Å². The Kier molecular flexibility index (Phi) is 8.43.